The van der Waals surface area contributed by atoms with Crippen molar-refractivity contribution in [2.75, 3.05) is 5.32 Å². The smallest absolute Gasteiger partial charge is 0.160 e. The molecular weight excluding hydrogens is 172 g/mol. The molecule has 0 spiro atoms. The van der Waals surface area contributed by atoms with E-state index in [4.69, 9.17) is 0 Å². The SMILES string of the molecule is CC1CCc2cc(F)c(F)cc2N1. The van der Waals surface area contributed by atoms with Crippen LogP contribution in [0.5, 0.6) is 0 Å². The van der Waals surface area contributed by atoms with Crippen LogP contribution < -0.4 is 5.32 Å². The maximum atomic E-state index is 12.8. The maximum Gasteiger partial charge on any atom is 0.160 e. The lowest BCUT2D eigenvalue weighted by molar-refractivity contribution is 0.505. The van der Waals surface area contributed by atoms with Gasteiger partial charge in [0.2, 0.25) is 0 Å². The van der Waals surface area contributed by atoms with Crippen molar-refractivity contribution in [2.45, 2.75) is 25.8 Å². The van der Waals surface area contributed by atoms with Crippen molar-refractivity contribution in [1.29, 1.82) is 0 Å². The Morgan fingerprint density at radius 2 is 2.00 bits per heavy atom. The predicted octanol–water partition coefficient (Wildman–Crippen LogP) is 2.71. The highest BCUT2D eigenvalue weighted by Crippen LogP contribution is 2.26. The van der Waals surface area contributed by atoms with Crippen LogP contribution in [0.1, 0.15) is 18.9 Å². The molecule has 70 valence electrons. The molecule has 0 bridgehead atoms. The van der Waals surface area contributed by atoms with Gasteiger partial charge in [-0.1, -0.05) is 0 Å². The average Bonchev–Trinajstić information content (AvgIpc) is 2.08. The van der Waals surface area contributed by atoms with Gasteiger partial charge in [-0.25, -0.2) is 8.78 Å². The molecular formula is C10H11F2N. The van der Waals surface area contributed by atoms with E-state index in [0.29, 0.717) is 6.04 Å². The lowest BCUT2D eigenvalue weighted by Gasteiger charge is -2.24. The molecule has 1 aromatic carbocycles. The zero-order chi connectivity index (χ0) is 9.42. The van der Waals surface area contributed by atoms with E-state index in [0.717, 1.165) is 24.1 Å². The first-order valence-electron chi connectivity index (χ1n) is 4.41. The number of aryl methyl sites for hydroxylation is 1. The van der Waals surface area contributed by atoms with E-state index < -0.39 is 11.6 Å². The number of hydrogen-bond acceptors (Lipinski definition) is 1. The summed E-state index contributed by atoms with van der Waals surface area (Å²) in [6, 6.07) is 2.86. The van der Waals surface area contributed by atoms with Gasteiger partial charge in [0.25, 0.3) is 0 Å². The Morgan fingerprint density at radius 1 is 1.31 bits per heavy atom. The first-order valence-corrected chi connectivity index (χ1v) is 4.41. The summed E-state index contributed by atoms with van der Waals surface area (Å²) < 4.78 is 25.6. The summed E-state index contributed by atoms with van der Waals surface area (Å²) in [5, 5.41) is 3.12. The third-order valence-electron chi connectivity index (χ3n) is 2.39. The normalized spacial score (nSPS) is 20.7. The van der Waals surface area contributed by atoms with Crippen molar-refractivity contribution in [3.63, 3.8) is 0 Å². The monoisotopic (exact) mass is 183 g/mol. The van der Waals surface area contributed by atoms with E-state index in [1.165, 1.54) is 12.1 Å². The molecule has 1 N–H and O–H groups in total. The molecule has 0 aliphatic carbocycles. The highest BCUT2D eigenvalue weighted by atomic mass is 19.2. The lowest BCUT2D eigenvalue weighted by Crippen LogP contribution is -2.22. The maximum absolute atomic E-state index is 12.8. The second-order valence-electron chi connectivity index (χ2n) is 3.51. The fraction of sp³-hybridized carbons (Fsp3) is 0.400. The third kappa shape index (κ3) is 1.50. The Hall–Kier alpha value is -1.12. The van der Waals surface area contributed by atoms with Crippen molar-refractivity contribution < 1.29 is 8.78 Å². The van der Waals surface area contributed by atoms with Crippen molar-refractivity contribution in [1.82, 2.24) is 0 Å². The van der Waals surface area contributed by atoms with Crippen molar-refractivity contribution >= 4 is 5.69 Å². The van der Waals surface area contributed by atoms with Gasteiger partial charge in [0.15, 0.2) is 11.6 Å². The first-order chi connectivity index (χ1) is 6.16. The van der Waals surface area contributed by atoms with E-state index in [9.17, 15) is 8.78 Å². The van der Waals surface area contributed by atoms with Crippen LogP contribution in [-0.2, 0) is 6.42 Å². The predicted molar refractivity (Wildman–Crippen MR) is 47.8 cm³/mol. The average molecular weight is 183 g/mol. The third-order valence-corrected chi connectivity index (χ3v) is 2.39. The molecule has 1 atom stereocenters. The number of halogens is 2. The zero-order valence-corrected chi connectivity index (χ0v) is 7.40. The Kier molecular flexibility index (Phi) is 1.94. The fourth-order valence-electron chi connectivity index (χ4n) is 1.64. The molecule has 3 heteroatoms. The van der Waals surface area contributed by atoms with Gasteiger partial charge in [0.05, 0.1) is 0 Å². The Morgan fingerprint density at radius 3 is 2.77 bits per heavy atom. The summed E-state index contributed by atoms with van der Waals surface area (Å²) >= 11 is 0. The number of nitrogens with one attached hydrogen (secondary N) is 1. The van der Waals surface area contributed by atoms with Crippen LogP contribution in [-0.4, -0.2) is 6.04 Å². The summed E-state index contributed by atoms with van der Waals surface area (Å²) in [6.45, 7) is 2.03. The van der Waals surface area contributed by atoms with Crippen LogP contribution in [0.15, 0.2) is 12.1 Å². The number of fused-ring (bicyclic) bond motifs is 1. The number of rotatable bonds is 0. The Balaban J connectivity index is 2.43. The van der Waals surface area contributed by atoms with Crippen molar-refractivity contribution in [3.05, 3.63) is 29.3 Å². The summed E-state index contributed by atoms with van der Waals surface area (Å²) in [5.74, 6) is -1.53. The minimum Gasteiger partial charge on any atom is -0.382 e. The van der Waals surface area contributed by atoms with Crippen LogP contribution in [0.3, 0.4) is 0 Å². The Labute approximate surface area is 75.8 Å². The molecule has 1 aromatic rings. The summed E-state index contributed by atoms with van der Waals surface area (Å²) in [5.41, 5.74) is 1.61. The highest BCUT2D eigenvalue weighted by molar-refractivity contribution is 5.54. The fourth-order valence-corrected chi connectivity index (χ4v) is 1.64. The van der Waals surface area contributed by atoms with E-state index in [1.54, 1.807) is 0 Å². The van der Waals surface area contributed by atoms with Crippen LogP contribution in [0.4, 0.5) is 14.5 Å². The number of benzene rings is 1. The molecule has 13 heavy (non-hydrogen) atoms. The highest BCUT2D eigenvalue weighted by Gasteiger charge is 2.16. The number of anilines is 1. The van der Waals surface area contributed by atoms with Gasteiger partial charge >= 0.3 is 0 Å². The van der Waals surface area contributed by atoms with Gasteiger partial charge in [-0.3, -0.25) is 0 Å². The van der Waals surface area contributed by atoms with Gasteiger partial charge in [0.1, 0.15) is 0 Å². The zero-order valence-electron chi connectivity index (χ0n) is 7.40. The topological polar surface area (TPSA) is 12.0 Å². The van der Waals surface area contributed by atoms with Crippen molar-refractivity contribution in [3.8, 4) is 0 Å². The first kappa shape index (κ1) is 8.48. The van der Waals surface area contributed by atoms with Crippen LogP contribution in [0, 0.1) is 11.6 Å². The van der Waals surface area contributed by atoms with Crippen LogP contribution in [0.25, 0.3) is 0 Å². The standard InChI is InChI=1S/C10H11F2N/c1-6-2-3-7-4-8(11)9(12)5-10(7)13-6/h4-6,13H,2-3H2,1H3. The molecule has 0 saturated heterocycles. The number of hydrogen-bond donors (Lipinski definition) is 1. The molecule has 1 heterocycles. The molecule has 0 fully saturated rings. The molecule has 0 amide bonds. The molecule has 0 saturated carbocycles. The summed E-state index contributed by atoms with van der Waals surface area (Å²) in [7, 11) is 0. The molecule has 1 unspecified atom stereocenters. The summed E-state index contributed by atoms with van der Waals surface area (Å²) in [4.78, 5) is 0. The molecule has 1 aliphatic heterocycles. The minimum atomic E-state index is -0.777. The quantitative estimate of drug-likeness (QED) is 0.652. The second kappa shape index (κ2) is 2.98. The van der Waals surface area contributed by atoms with Gasteiger partial charge in [-0.2, -0.15) is 0 Å². The van der Waals surface area contributed by atoms with E-state index in [1.807, 2.05) is 6.92 Å². The largest absolute Gasteiger partial charge is 0.382 e. The van der Waals surface area contributed by atoms with E-state index in [-0.39, 0.29) is 0 Å². The van der Waals surface area contributed by atoms with Gasteiger partial charge in [-0.05, 0) is 31.4 Å². The molecule has 0 aromatic heterocycles. The Bertz CT molecular complexity index is 336. The second-order valence-corrected chi connectivity index (χ2v) is 3.51. The van der Waals surface area contributed by atoms with Crippen molar-refractivity contribution in [2.24, 2.45) is 0 Å². The van der Waals surface area contributed by atoms with Gasteiger partial charge in [0, 0.05) is 17.8 Å². The minimum absolute atomic E-state index is 0.345. The molecule has 0 radical (unpaired) electrons. The van der Waals surface area contributed by atoms with Crippen LogP contribution >= 0.6 is 0 Å². The molecule has 1 aliphatic rings. The van der Waals surface area contributed by atoms with E-state index >= 15 is 0 Å². The van der Waals surface area contributed by atoms with Crippen LogP contribution in [0.2, 0.25) is 0 Å². The van der Waals surface area contributed by atoms with Gasteiger partial charge in [-0.15, -0.1) is 0 Å². The summed E-state index contributed by atoms with van der Waals surface area (Å²) in [6.07, 6.45) is 1.79. The lowest BCUT2D eigenvalue weighted by atomic mass is 9.99. The van der Waals surface area contributed by atoms with Gasteiger partial charge < -0.3 is 5.32 Å². The van der Waals surface area contributed by atoms with E-state index in [2.05, 4.69) is 5.32 Å². The molecule has 2 rings (SSSR count). The molecule has 1 nitrogen and oxygen atoms in total.